The maximum atomic E-state index is 13.2. The molecule has 144 valence electrons. The van der Waals surface area contributed by atoms with Crippen molar-refractivity contribution < 1.29 is 5.11 Å². The van der Waals surface area contributed by atoms with Crippen molar-refractivity contribution in [3.63, 3.8) is 0 Å². The van der Waals surface area contributed by atoms with Gasteiger partial charge in [-0.05, 0) is 23.3 Å². The van der Waals surface area contributed by atoms with Crippen LogP contribution in [-0.4, -0.2) is 19.2 Å². The summed E-state index contributed by atoms with van der Waals surface area (Å²) in [5.74, 6) is 0. The Kier molecular flexibility index (Phi) is 3.88. The first kappa shape index (κ1) is 18.0. The number of hydrogen-bond acceptors (Lipinski definition) is 4. The van der Waals surface area contributed by atoms with Gasteiger partial charge in [0.2, 0.25) is 0 Å². The molecule has 1 aliphatic rings. The predicted octanol–water partition coefficient (Wildman–Crippen LogP) is 3.12. The van der Waals surface area contributed by atoms with Crippen LogP contribution in [0.15, 0.2) is 62.6 Å². The van der Waals surface area contributed by atoms with Gasteiger partial charge < -0.3 is 5.11 Å². The summed E-state index contributed by atoms with van der Waals surface area (Å²) in [7, 11) is 3.05. The van der Waals surface area contributed by atoms with E-state index in [4.69, 9.17) is 4.98 Å². The summed E-state index contributed by atoms with van der Waals surface area (Å²) < 4.78 is 3.30. The molecule has 4 aromatic rings. The minimum absolute atomic E-state index is 0.302. The Morgan fingerprint density at radius 1 is 1.03 bits per heavy atom. The van der Waals surface area contributed by atoms with Gasteiger partial charge in [-0.25, -0.2) is 9.78 Å². The summed E-state index contributed by atoms with van der Waals surface area (Å²) in [6.07, 6.45) is -0.908. The molecule has 0 fully saturated rings. The van der Waals surface area contributed by atoms with Gasteiger partial charge in [-0.3, -0.25) is 13.9 Å². The number of rotatable bonds is 1. The molecule has 0 saturated heterocycles. The van der Waals surface area contributed by atoms with Gasteiger partial charge in [0.25, 0.3) is 5.56 Å². The lowest BCUT2D eigenvalue weighted by Crippen LogP contribution is -2.37. The van der Waals surface area contributed by atoms with Crippen LogP contribution < -0.4 is 11.2 Å². The Labute approximate surface area is 173 Å². The monoisotopic (exact) mass is 449 g/mol. The van der Waals surface area contributed by atoms with Crippen LogP contribution in [0.1, 0.15) is 17.2 Å². The van der Waals surface area contributed by atoms with E-state index in [9.17, 15) is 14.7 Å². The zero-order chi connectivity index (χ0) is 20.4. The number of fused-ring (bicyclic) bond motifs is 4. The van der Waals surface area contributed by atoms with Gasteiger partial charge in [0.05, 0.1) is 11.1 Å². The van der Waals surface area contributed by atoms with Gasteiger partial charge in [0, 0.05) is 35.3 Å². The molecule has 0 amide bonds. The van der Waals surface area contributed by atoms with Crippen LogP contribution in [-0.2, 0) is 14.1 Å². The van der Waals surface area contributed by atoms with E-state index in [0.717, 1.165) is 25.7 Å². The average Bonchev–Trinajstić information content (AvgIpc) is 3.01. The summed E-state index contributed by atoms with van der Waals surface area (Å²) in [5.41, 5.74) is 3.53. The number of hydrogen-bond donors (Lipinski definition) is 1. The van der Waals surface area contributed by atoms with Gasteiger partial charge >= 0.3 is 5.69 Å². The van der Waals surface area contributed by atoms with Crippen LogP contribution in [0.25, 0.3) is 33.4 Å². The van der Waals surface area contributed by atoms with Crippen molar-refractivity contribution in [3.8, 4) is 22.4 Å². The van der Waals surface area contributed by atoms with Crippen molar-refractivity contribution in [2.75, 3.05) is 0 Å². The van der Waals surface area contributed by atoms with Crippen molar-refractivity contribution in [1.29, 1.82) is 0 Å². The fourth-order valence-corrected chi connectivity index (χ4v) is 4.52. The molecule has 5 rings (SSSR count). The number of benzene rings is 2. The summed E-state index contributed by atoms with van der Waals surface area (Å²) in [6.45, 7) is 0. The van der Waals surface area contributed by atoms with Crippen LogP contribution >= 0.6 is 15.9 Å². The summed E-state index contributed by atoms with van der Waals surface area (Å²) in [6, 6.07) is 15.1. The normalized spacial score (nSPS) is 14.8. The zero-order valence-corrected chi connectivity index (χ0v) is 17.3. The molecular weight excluding hydrogens is 434 g/mol. The fraction of sp³-hybridized carbons (Fsp3) is 0.136. The first-order chi connectivity index (χ1) is 13.9. The molecule has 2 aromatic carbocycles. The topological polar surface area (TPSA) is 77.1 Å². The molecule has 0 aliphatic heterocycles. The second-order valence-corrected chi connectivity index (χ2v) is 8.07. The molecule has 1 atom stereocenters. The molecule has 0 bridgehead atoms. The number of aliphatic hydroxyl groups is 1. The van der Waals surface area contributed by atoms with Crippen LogP contribution in [0.3, 0.4) is 0 Å². The molecule has 2 aromatic heterocycles. The van der Waals surface area contributed by atoms with Crippen LogP contribution in [0.2, 0.25) is 0 Å². The summed E-state index contributed by atoms with van der Waals surface area (Å²) in [4.78, 5) is 30.4. The predicted molar refractivity (Wildman–Crippen MR) is 115 cm³/mol. The number of halogens is 1. The van der Waals surface area contributed by atoms with Gasteiger partial charge in [-0.15, -0.1) is 0 Å². The van der Waals surface area contributed by atoms with Gasteiger partial charge in [0.15, 0.2) is 5.65 Å². The summed E-state index contributed by atoms with van der Waals surface area (Å²) >= 11 is 3.49. The quantitative estimate of drug-likeness (QED) is 0.484. The number of aliphatic hydroxyl groups excluding tert-OH is 1. The first-order valence-corrected chi connectivity index (χ1v) is 9.86. The third kappa shape index (κ3) is 2.41. The average molecular weight is 450 g/mol. The Hall–Kier alpha value is -3.03. The third-order valence-corrected chi connectivity index (χ3v) is 6.02. The first-order valence-electron chi connectivity index (χ1n) is 9.07. The lowest BCUT2D eigenvalue weighted by atomic mass is 9.94. The number of nitrogens with zero attached hydrogens (tertiary/aromatic N) is 3. The smallest absolute Gasteiger partial charge is 0.332 e. The number of pyridine rings is 1. The van der Waals surface area contributed by atoms with Crippen LogP contribution in [0.4, 0.5) is 0 Å². The van der Waals surface area contributed by atoms with E-state index >= 15 is 0 Å². The maximum Gasteiger partial charge on any atom is 0.332 e. The zero-order valence-electron chi connectivity index (χ0n) is 15.7. The van der Waals surface area contributed by atoms with Crippen molar-refractivity contribution >= 4 is 27.0 Å². The second-order valence-electron chi connectivity index (χ2n) is 7.15. The van der Waals surface area contributed by atoms with Crippen LogP contribution in [0.5, 0.6) is 0 Å². The molecule has 0 spiro atoms. The van der Waals surface area contributed by atoms with E-state index in [1.54, 1.807) is 7.05 Å². The minimum Gasteiger partial charge on any atom is -0.384 e. The van der Waals surface area contributed by atoms with Crippen molar-refractivity contribution in [3.05, 3.63) is 85.0 Å². The molecule has 0 saturated carbocycles. The Morgan fingerprint density at radius 2 is 1.79 bits per heavy atom. The lowest BCUT2D eigenvalue weighted by molar-refractivity contribution is 0.225. The minimum atomic E-state index is -0.908. The van der Waals surface area contributed by atoms with Gasteiger partial charge in [-0.1, -0.05) is 52.3 Å². The molecule has 0 radical (unpaired) electrons. The molecule has 6 nitrogen and oxygen atoms in total. The van der Waals surface area contributed by atoms with E-state index in [0.29, 0.717) is 27.9 Å². The van der Waals surface area contributed by atoms with Crippen LogP contribution in [0, 0.1) is 0 Å². The molecule has 1 aliphatic carbocycles. The molecule has 7 heteroatoms. The molecule has 29 heavy (non-hydrogen) atoms. The van der Waals surface area contributed by atoms with Crippen molar-refractivity contribution in [2.24, 2.45) is 14.1 Å². The van der Waals surface area contributed by atoms with E-state index in [1.165, 1.54) is 11.6 Å². The standard InChI is InChI=1S/C22H16BrN3O3/c1-25-20-17(21(28)26(2)22(25)29)15(11-6-5-7-12(23)10-11)16-18(24-20)13-8-3-4-9-14(13)19(16)27/h3-10,19,27H,1-2H3/t19-/m0/s1. The van der Waals surface area contributed by atoms with Crippen molar-refractivity contribution in [1.82, 2.24) is 14.1 Å². The fourth-order valence-electron chi connectivity index (χ4n) is 4.12. The van der Waals surface area contributed by atoms with E-state index in [2.05, 4.69) is 15.9 Å². The Morgan fingerprint density at radius 3 is 2.55 bits per heavy atom. The van der Waals surface area contributed by atoms with E-state index in [-0.39, 0.29) is 0 Å². The van der Waals surface area contributed by atoms with Gasteiger partial charge in [-0.2, -0.15) is 0 Å². The molecule has 1 N–H and O–H groups in total. The highest BCUT2D eigenvalue weighted by Gasteiger charge is 2.34. The number of aryl methyl sites for hydroxylation is 1. The molecule has 0 unspecified atom stereocenters. The summed E-state index contributed by atoms with van der Waals surface area (Å²) in [5, 5.41) is 11.5. The lowest BCUT2D eigenvalue weighted by Gasteiger charge is -2.17. The highest BCUT2D eigenvalue weighted by Crippen LogP contribution is 2.48. The van der Waals surface area contributed by atoms with E-state index in [1.807, 2.05) is 48.5 Å². The van der Waals surface area contributed by atoms with E-state index < -0.39 is 17.4 Å². The Bertz CT molecular complexity index is 1450. The second kappa shape index (κ2) is 6.23. The highest BCUT2D eigenvalue weighted by molar-refractivity contribution is 9.10. The third-order valence-electron chi connectivity index (χ3n) is 5.52. The van der Waals surface area contributed by atoms with Crippen molar-refractivity contribution in [2.45, 2.75) is 6.10 Å². The maximum absolute atomic E-state index is 13.2. The number of aromatic nitrogens is 3. The molecular formula is C22H16BrN3O3. The van der Waals surface area contributed by atoms with Gasteiger partial charge in [0.1, 0.15) is 6.10 Å². The SMILES string of the molecule is Cn1c(=O)c2c(-c3cccc(Br)c3)c3c(nc2n(C)c1=O)-c1ccccc1[C@@H]3O. The molecule has 2 heterocycles. The largest absolute Gasteiger partial charge is 0.384 e. The Balaban J connectivity index is 2.07. The highest BCUT2D eigenvalue weighted by atomic mass is 79.9.